The summed E-state index contributed by atoms with van der Waals surface area (Å²) in [6.07, 6.45) is 3.70. The summed E-state index contributed by atoms with van der Waals surface area (Å²) in [4.78, 5) is 12.4. The Kier molecular flexibility index (Phi) is 4.75. The molecule has 1 heterocycles. The number of amides is 1. The van der Waals surface area contributed by atoms with Crippen molar-refractivity contribution in [3.63, 3.8) is 0 Å². The van der Waals surface area contributed by atoms with Crippen LogP contribution in [0.3, 0.4) is 0 Å². The molecule has 0 unspecified atom stereocenters. The molecule has 1 aromatic heterocycles. The zero-order valence-corrected chi connectivity index (χ0v) is 14.0. The molecule has 0 radical (unpaired) electrons. The second kappa shape index (κ2) is 7.13. The van der Waals surface area contributed by atoms with Crippen LogP contribution in [0, 0.1) is 13.8 Å². The molecule has 3 rings (SSSR count). The van der Waals surface area contributed by atoms with Crippen LogP contribution in [-0.2, 0) is 13.1 Å². The van der Waals surface area contributed by atoms with E-state index in [0.717, 1.165) is 16.7 Å². The van der Waals surface area contributed by atoms with Gasteiger partial charge in [-0.25, -0.2) is 0 Å². The van der Waals surface area contributed by atoms with E-state index in [2.05, 4.69) is 16.5 Å². The van der Waals surface area contributed by atoms with E-state index in [-0.39, 0.29) is 5.91 Å². The van der Waals surface area contributed by atoms with Crippen molar-refractivity contribution in [1.29, 1.82) is 0 Å². The molecular weight excluding hydrogens is 298 g/mol. The second-order valence-electron chi connectivity index (χ2n) is 5.95. The fraction of sp³-hybridized carbons (Fsp3) is 0.200. The molecule has 0 aliphatic rings. The highest BCUT2D eigenvalue weighted by atomic mass is 16.1. The van der Waals surface area contributed by atoms with Gasteiger partial charge in [0.25, 0.3) is 5.91 Å². The average molecular weight is 319 g/mol. The van der Waals surface area contributed by atoms with Gasteiger partial charge in [0.15, 0.2) is 0 Å². The first-order chi connectivity index (χ1) is 11.6. The van der Waals surface area contributed by atoms with Crippen LogP contribution < -0.4 is 5.32 Å². The molecule has 3 aromatic rings. The minimum Gasteiger partial charge on any atom is -0.348 e. The molecule has 4 nitrogen and oxygen atoms in total. The minimum absolute atomic E-state index is 0.0491. The standard InChI is InChI=1S/C20H21N3O/c1-15-8-9-17(12-16(15)2)20(24)21-13-18-6-3-4-7-19(18)14-23-11-5-10-22-23/h3-12H,13-14H2,1-2H3,(H,21,24). The van der Waals surface area contributed by atoms with Crippen molar-refractivity contribution >= 4 is 5.91 Å². The molecule has 122 valence electrons. The fourth-order valence-corrected chi connectivity index (χ4v) is 2.61. The van der Waals surface area contributed by atoms with Crippen molar-refractivity contribution in [3.8, 4) is 0 Å². The molecule has 24 heavy (non-hydrogen) atoms. The summed E-state index contributed by atoms with van der Waals surface area (Å²) < 4.78 is 1.88. The molecule has 4 heteroatoms. The van der Waals surface area contributed by atoms with Gasteiger partial charge in [0.05, 0.1) is 6.54 Å². The number of aryl methyl sites for hydroxylation is 2. The normalized spacial score (nSPS) is 10.6. The summed E-state index contributed by atoms with van der Waals surface area (Å²) in [5.74, 6) is -0.0491. The Balaban J connectivity index is 1.70. The lowest BCUT2D eigenvalue weighted by molar-refractivity contribution is 0.0950. The molecule has 0 aliphatic heterocycles. The Labute approximate surface area is 142 Å². The summed E-state index contributed by atoms with van der Waals surface area (Å²) in [5, 5.41) is 7.26. The highest BCUT2D eigenvalue weighted by molar-refractivity contribution is 5.94. The highest BCUT2D eigenvalue weighted by Crippen LogP contribution is 2.12. The maximum absolute atomic E-state index is 12.4. The Morgan fingerprint density at radius 2 is 1.83 bits per heavy atom. The first-order valence-corrected chi connectivity index (χ1v) is 8.03. The predicted octanol–water partition coefficient (Wildman–Crippen LogP) is 3.48. The predicted molar refractivity (Wildman–Crippen MR) is 94.9 cm³/mol. The van der Waals surface area contributed by atoms with Gasteiger partial charge in [-0.1, -0.05) is 30.3 Å². The van der Waals surface area contributed by atoms with Crippen LogP contribution in [0.1, 0.15) is 32.6 Å². The van der Waals surface area contributed by atoms with Crippen LogP contribution in [0.15, 0.2) is 60.9 Å². The summed E-state index contributed by atoms with van der Waals surface area (Å²) in [5.41, 5.74) is 5.27. The Morgan fingerprint density at radius 3 is 2.54 bits per heavy atom. The fourth-order valence-electron chi connectivity index (χ4n) is 2.61. The van der Waals surface area contributed by atoms with E-state index in [1.54, 1.807) is 6.20 Å². The van der Waals surface area contributed by atoms with Gasteiger partial charge in [-0.2, -0.15) is 5.10 Å². The van der Waals surface area contributed by atoms with Crippen molar-refractivity contribution < 1.29 is 4.79 Å². The van der Waals surface area contributed by atoms with E-state index in [9.17, 15) is 4.79 Å². The molecule has 0 saturated carbocycles. The zero-order chi connectivity index (χ0) is 16.9. The summed E-state index contributed by atoms with van der Waals surface area (Å²) in [7, 11) is 0. The van der Waals surface area contributed by atoms with Crippen LogP contribution in [0.4, 0.5) is 0 Å². The van der Waals surface area contributed by atoms with E-state index < -0.39 is 0 Å². The smallest absolute Gasteiger partial charge is 0.251 e. The Bertz CT molecular complexity index is 838. The Hall–Kier alpha value is -2.88. The van der Waals surface area contributed by atoms with Crippen molar-refractivity contribution in [1.82, 2.24) is 15.1 Å². The first kappa shape index (κ1) is 16.0. The van der Waals surface area contributed by atoms with Crippen molar-refractivity contribution in [3.05, 3.63) is 88.7 Å². The van der Waals surface area contributed by atoms with Gasteiger partial charge in [-0.15, -0.1) is 0 Å². The lowest BCUT2D eigenvalue weighted by Crippen LogP contribution is -2.23. The topological polar surface area (TPSA) is 46.9 Å². The number of carbonyl (C=O) groups excluding carboxylic acids is 1. The number of nitrogens with one attached hydrogen (secondary N) is 1. The molecule has 0 atom stereocenters. The van der Waals surface area contributed by atoms with Crippen LogP contribution in [0.2, 0.25) is 0 Å². The number of rotatable bonds is 5. The molecule has 1 amide bonds. The van der Waals surface area contributed by atoms with Gasteiger partial charge in [-0.3, -0.25) is 9.48 Å². The molecule has 0 fully saturated rings. The Morgan fingerprint density at radius 1 is 1.04 bits per heavy atom. The molecule has 1 N–H and O–H groups in total. The van der Waals surface area contributed by atoms with Crippen LogP contribution in [0.25, 0.3) is 0 Å². The number of aromatic nitrogens is 2. The number of benzene rings is 2. The van der Waals surface area contributed by atoms with Gasteiger partial charge in [-0.05, 0) is 54.3 Å². The monoisotopic (exact) mass is 319 g/mol. The number of carbonyl (C=O) groups is 1. The first-order valence-electron chi connectivity index (χ1n) is 8.03. The SMILES string of the molecule is Cc1ccc(C(=O)NCc2ccccc2Cn2cccn2)cc1C. The van der Waals surface area contributed by atoms with Crippen LogP contribution in [0.5, 0.6) is 0 Å². The third kappa shape index (κ3) is 3.71. The van der Waals surface area contributed by atoms with E-state index in [1.807, 2.05) is 67.2 Å². The number of hydrogen-bond donors (Lipinski definition) is 1. The van der Waals surface area contributed by atoms with Gasteiger partial charge < -0.3 is 5.32 Å². The largest absolute Gasteiger partial charge is 0.348 e. The summed E-state index contributed by atoms with van der Waals surface area (Å²) >= 11 is 0. The van der Waals surface area contributed by atoms with E-state index in [1.165, 1.54) is 5.56 Å². The molecule has 0 bridgehead atoms. The van der Waals surface area contributed by atoms with Gasteiger partial charge >= 0.3 is 0 Å². The molecule has 0 spiro atoms. The third-order valence-electron chi connectivity index (χ3n) is 4.22. The van der Waals surface area contributed by atoms with E-state index in [4.69, 9.17) is 0 Å². The molecule has 0 saturated heterocycles. The second-order valence-corrected chi connectivity index (χ2v) is 5.95. The van der Waals surface area contributed by atoms with Crippen molar-refractivity contribution in [2.75, 3.05) is 0 Å². The van der Waals surface area contributed by atoms with Crippen molar-refractivity contribution in [2.24, 2.45) is 0 Å². The van der Waals surface area contributed by atoms with Crippen LogP contribution >= 0.6 is 0 Å². The third-order valence-corrected chi connectivity index (χ3v) is 4.22. The summed E-state index contributed by atoms with van der Waals surface area (Å²) in [6.45, 7) is 5.26. The number of hydrogen-bond acceptors (Lipinski definition) is 2. The quantitative estimate of drug-likeness (QED) is 0.782. The maximum atomic E-state index is 12.4. The molecule has 2 aromatic carbocycles. The summed E-state index contributed by atoms with van der Waals surface area (Å²) in [6, 6.07) is 15.8. The van der Waals surface area contributed by atoms with E-state index in [0.29, 0.717) is 18.7 Å². The maximum Gasteiger partial charge on any atom is 0.251 e. The van der Waals surface area contributed by atoms with Crippen molar-refractivity contribution in [2.45, 2.75) is 26.9 Å². The van der Waals surface area contributed by atoms with Crippen LogP contribution in [-0.4, -0.2) is 15.7 Å². The zero-order valence-electron chi connectivity index (χ0n) is 14.0. The highest BCUT2D eigenvalue weighted by Gasteiger charge is 2.08. The van der Waals surface area contributed by atoms with E-state index >= 15 is 0 Å². The van der Waals surface area contributed by atoms with Gasteiger partial charge in [0, 0.05) is 24.5 Å². The molecule has 0 aliphatic carbocycles. The average Bonchev–Trinajstić information content (AvgIpc) is 3.09. The van der Waals surface area contributed by atoms with Gasteiger partial charge in [0.1, 0.15) is 0 Å². The number of nitrogens with zero attached hydrogens (tertiary/aromatic N) is 2. The lowest BCUT2D eigenvalue weighted by Gasteiger charge is -2.11. The van der Waals surface area contributed by atoms with Gasteiger partial charge in [0.2, 0.25) is 0 Å². The molecular formula is C20H21N3O. The lowest BCUT2D eigenvalue weighted by atomic mass is 10.1. The minimum atomic E-state index is -0.0491.